The second-order valence-electron chi connectivity index (χ2n) is 10.7. The van der Waals surface area contributed by atoms with E-state index in [0.717, 1.165) is 26.1 Å². The lowest BCUT2D eigenvalue weighted by molar-refractivity contribution is -0.142. The van der Waals surface area contributed by atoms with Gasteiger partial charge < -0.3 is 15.0 Å². The molecule has 0 bridgehead atoms. The molecule has 38 heavy (non-hydrogen) atoms. The molecule has 2 atom stereocenters. The summed E-state index contributed by atoms with van der Waals surface area (Å²) in [5.41, 5.74) is 0.638. The van der Waals surface area contributed by atoms with Crippen molar-refractivity contribution in [3.63, 3.8) is 0 Å². The maximum atomic E-state index is 13.8. The summed E-state index contributed by atoms with van der Waals surface area (Å²) in [5, 5.41) is 13.9. The summed E-state index contributed by atoms with van der Waals surface area (Å²) < 4.78 is 1.49. The van der Waals surface area contributed by atoms with Crippen LogP contribution in [0.2, 0.25) is 0 Å². The first-order valence-electron chi connectivity index (χ1n) is 13.3. The third-order valence-corrected chi connectivity index (χ3v) is 9.19. The number of thiophene rings is 1. The van der Waals surface area contributed by atoms with E-state index in [4.69, 9.17) is 0 Å². The summed E-state index contributed by atoms with van der Waals surface area (Å²) in [6.45, 7) is 3.81. The fourth-order valence-corrected chi connectivity index (χ4v) is 6.92. The number of piperidine rings is 2. The van der Waals surface area contributed by atoms with Gasteiger partial charge in [-0.3, -0.25) is 19.1 Å². The van der Waals surface area contributed by atoms with Crippen molar-refractivity contribution in [1.82, 2.24) is 24.3 Å². The fourth-order valence-electron chi connectivity index (χ4n) is 6.03. The van der Waals surface area contributed by atoms with Gasteiger partial charge in [0.25, 0.3) is 5.56 Å². The number of aliphatic hydroxyl groups is 1. The Morgan fingerprint density at radius 2 is 1.92 bits per heavy atom. The monoisotopic (exact) mass is 531 g/mol. The topological polar surface area (TPSA) is 94.5 Å². The third-order valence-electron chi connectivity index (χ3n) is 8.18. The van der Waals surface area contributed by atoms with Crippen LogP contribution in [0.5, 0.6) is 0 Å². The summed E-state index contributed by atoms with van der Waals surface area (Å²) in [5.74, 6) is 0.297. The Bertz CT molecular complexity index is 1440. The number of aromatic nitrogens is 3. The molecule has 6 rings (SSSR count). The fraction of sp³-hybridized carbons (Fsp3) is 0.414. The largest absolute Gasteiger partial charge is 0.388 e. The van der Waals surface area contributed by atoms with Gasteiger partial charge in [-0.25, -0.2) is 4.98 Å². The molecule has 4 aromatic rings. The van der Waals surface area contributed by atoms with Crippen molar-refractivity contribution in [2.24, 2.45) is 5.92 Å². The van der Waals surface area contributed by atoms with E-state index in [1.165, 1.54) is 21.3 Å². The van der Waals surface area contributed by atoms with Crippen LogP contribution in [-0.4, -0.2) is 67.1 Å². The number of carbonyl (C=O) groups excluding carboxylic acids is 1. The van der Waals surface area contributed by atoms with Crippen LogP contribution in [-0.2, 0) is 17.9 Å². The van der Waals surface area contributed by atoms with E-state index in [0.29, 0.717) is 37.0 Å². The van der Waals surface area contributed by atoms with Crippen molar-refractivity contribution in [3.05, 3.63) is 87.2 Å². The molecule has 8 nitrogen and oxygen atoms in total. The summed E-state index contributed by atoms with van der Waals surface area (Å²) in [7, 11) is 0. The number of likely N-dealkylation sites (tertiary alicyclic amines) is 2. The summed E-state index contributed by atoms with van der Waals surface area (Å²) in [6.07, 6.45) is 4.88. The maximum Gasteiger partial charge on any atom is 0.262 e. The highest BCUT2D eigenvalue weighted by Gasteiger charge is 2.41. The average molecular weight is 532 g/mol. The molecule has 2 fully saturated rings. The number of benzene rings is 1. The zero-order valence-corrected chi connectivity index (χ0v) is 22.1. The SMILES string of the molecule is O=C([C@@H]1CCN(Cc2ccccc2)C[C@H]1c1cccs1)N1CCC(O)(Cn2cnc3[nH]ccc3c2=O)CC1. The molecular formula is C29H33N5O3S. The molecule has 198 valence electrons. The van der Waals surface area contributed by atoms with Gasteiger partial charge in [-0.05, 0) is 48.9 Å². The summed E-state index contributed by atoms with van der Waals surface area (Å²) in [4.78, 5) is 39.5. The number of nitrogens with one attached hydrogen (secondary N) is 1. The Hall–Kier alpha value is -3.27. The molecule has 1 aromatic carbocycles. The summed E-state index contributed by atoms with van der Waals surface area (Å²) in [6, 6.07) is 16.4. The summed E-state index contributed by atoms with van der Waals surface area (Å²) >= 11 is 1.73. The Morgan fingerprint density at radius 1 is 1.11 bits per heavy atom. The first-order valence-corrected chi connectivity index (χ1v) is 14.2. The van der Waals surface area contributed by atoms with Crippen molar-refractivity contribution in [2.75, 3.05) is 26.2 Å². The van der Waals surface area contributed by atoms with Gasteiger partial charge in [0.05, 0.1) is 23.9 Å². The highest BCUT2D eigenvalue weighted by atomic mass is 32.1. The zero-order chi connectivity index (χ0) is 26.1. The molecule has 0 saturated carbocycles. The average Bonchev–Trinajstić information content (AvgIpc) is 3.64. The number of hydrogen-bond donors (Lipinski definition) is 2. The molecule has 0 unspecified atom stereocenters. The van der Waals surface area contributed by atoms with Crippen LogP contribution in [0.15, 0.2) is 71.2 Å². The lowest BCUT2D eigenvalue weighted by Crippen LogP contribution is -2.53. The molecule has 5 heterocycles. The van der Waals surface area contributed by atoms with E-state index in [2.05, 4.69) is 56.6 Å². The van der Waals surface area contributed by atoms with E-state index in [-0.39, 0.29) is 29.8 Å². The third kappa shape index (κ3) is 5.06. The van der Waals surface area contributed by atoms with Crippen LogP contribution < -0.4 is 5.56 Å². The molecule has 1 amide bonds. The van der Waals surface area contributed by atoms with Gasteiger partial charge in [-0.15, -0.1) is 11.3 Å². The molecular weight excluding hydrogens is 498 g/mol. The zero-order valence-electron chi connectivity index (χ0n) is 21.3. The van der Waals surface area contributed by atoms with Crippen LogP contribution in [0.4, 0.5) is 0 Å². The van der Waals surface area contributed by atoms with Gasteiger partial charge >= 0.3 is 0 Å². The molecule has 2 aliphatic rings. The number of hydrogen-bond acceptors (Lipinski definition) is 6. The molecule has 0 spiro atoms. The number of nitrogens with zero attached hydrogens (tertiary/aromatic N) is 4. The molecule has 3 aromatic heterocycles. The lowest BCUT2D eigenvalue weighted by atomic mass is 9.82. The first-order chi connectivity index (χ1) is 18.5. The molecule has 2 aliphatic heterocycles. The van der Waals surface area contributed by atoms with Crippen LogP contribution in [0.25, 0.3) is 11.0 Å². The number of amides is 1. The number of carbonyl (C=O) groups is 1. The van der Waals surface area contributed by atoms with Crippen LogP contribution in [0, 0.1) is 5.92 Å². The minimum atomic E-state index is -1.04. The molecule has 0 aliphatic carbocycles. The lowest BCUT2D eigenvalue weighted by Gasteiger charge is -2.43. The van der Waals surface area contributed by atoms with Crippen LogP contribution in [0.3, 0.4) is 0 Å². The van der Waals surface area contributed by atoms with E-state index < -0.39 is 5.60 Å². The van der Waals surface area contributed by atoms with Gasteiger partial charge in [0, 0.05) is 49.1 Å². The van der Waals surface area contributed by atoms with E-state index in [1.54, 1.807) is 23.6 Å². The van der Waals surface area contributed by atoms with Gasteiger partial charge in [-0.1, -0.05) is 36.4 Å². The molecule has 0 radical (unpaired) electrons. The normalized spacial score (nSPS) is 22.1. The second-order valence-corrected chi connectivity index (χ2v) is 11.7. The Kier molecular flexibility index (Phi) is 6.90. The molecule has 9 heteroatoms. The van der Waals surface area contributed by atoms with Gasteiger partial charge in [-0.2, -0.15) is 0 Å². The van der Waals surface area contributed by atoms with Crippen molar-refractivity contribution in [3.8, 4) is 0 Å². The first kappa shape index (κ1) is 25.0. The predicted octanol–water partition coefficient (Wildman–Crippen LogP) is 3.45. The predicted molar refractivity (Wildman–Crippen MR) is 148 cm³/mol. The van der Waals surface area contributed by atoms with Crippen molar-refractivity contribution in [2.45, 2.75) is 43.9 Å². The Balaban J connectivity index is 1.12. The molecule has 2 saturated heterocycles. The van der Waals surface area contributed by atoms with Crippen molar-refractivity contribution >= 4 is 28.3 Å². The van der Waals surface area contributed by atoms with Crippen LogP contribution >= 0.6 is 11.3 Å². The van der Waals surface area contributed by atoms with Gasteiger partial charge in [0.15, 0.2) is 0 Å². The van der Waals surface area contributed by atoms with Gasteiger partial charge in [0.1, 0.15) is 5.65 Å². The van der Waals surface area contributed by atoms with Gasteiger partial charge in [0.2, 0.25) is 5.91 Å². The highest BCUT2D eigenvalue weighted by Crippen LogP contribution is 2.37. The minimum absolute atomic E-state index is 0.0605. The Labute approximate surface area is 225 Å². The van der Waals surface area contributed by atoms with E-state index >= 15 is 0 Å². The second kappa shape index (κ2) is 10.5. The minimum Gasteiger partial charge on any atom is -0.388 e. The standard InChI is InChI=1S/C29H33N5O3S/c35-27(22-9-13-32(17-21-5-2-1-3-6-21)18-24(22)25-7-4-16-38-25)33-14-10-29(37,11-15-33)19-34-20-31-26-23(28(34)36)8-12-30-26/h1-8,12,16,20,22,24,30,37H,9-11,13-15,17-19H2/t22-,24-/m1/s1. The quantitative estimate of drug-likeness (QED) is 0.398. The van der Waals surface area contributed by atoms with Crippen molar-refractivity contribution < 1.29 is 9.90 Å². The highest BCUT2D eigenvalue weighted by molar-refractivity contribution is 7.10. The Morgan fingerprint density at radius 3 is 2.68 bits per heavy atom. The van der Waals surface area contributed by atoms with Crippen LogP contribution in [0.1, 0.15) is 35.6 Å². The number of rotatable bonds is 6. The maximum absolute atomic E-state index is 13.8. The smallest absolute Gasteiger partial charge is 0.262 e. The molecule has 2 N–H and O–H groups in total. The number of H-pyrrole nitrogens is 1. The van der Waals surface area contributed by atoms with E-state index in [9.17, 15) is 14.7 Å². The van der Waals surface area contributed by atoms with Crippen molar-refractivity contribution in [1.29, 1.82) is 0 Å². The number of aromatic amines is 1. The number of fused-ring (bicyclic) bond motifs is 1. The van der Waals surface area contributed by atoms with E-state index in [1.807, 2.05) is 11.0 Å².